The highest BCUT2D eigenvalue weighted by molar-refractivity contribution is 7.91. The van der Waals surface area contributed by atoms with E-state index in [0.29, 0.717) is 33.3 Å². The number of nitrogens with zero attached hydrogens (tertiary/aromatic N) is 2. The van der Waals surface area contributed by atoms with Gasteiger partial charge in [-0.1, -0.05) is 29.8 Å². The molecule has 168 valence electrons. The lowest BCUT2D eigenvalue weighted by Crippen LogP contribution is -2.32. The molecule has 0 saturated heterocycles. The average Bonchev–Trinajstić information content (AvgIpc) is 2.85. The molecule has 7 nitrogen and oxygen atoms in total. The molecule has 1 aromatic heterocycles. The molecule has 0 fully saturated rings. The monoisotopic (exact) mass is 481 g/mol. The fraction of sp³-hybridized carbons (Fsp3) is 0.125. The molecule has 1 atom stereocenters. The van der Waals surface area contributed by atoms with Crippen LogP contribution >= 0.6 is 11.6 Å². The van der Waals surface area contributed by atoms with Crippen LogP contribution in [0.25, 0.3) is 6.08 Å². The van der Waals surface area contributed by atoms with E-state index in [1.54, 1.807) is 67.9 Å². The van der Waals surface area contributed by atoms with Gasteiger partial charge in [-0.15, -0.1) is 0 Å². The Morgan fingerprint density at radius 3 is 2.61 bits per heavy atom. The van der Waals surface area contributed by atoms with Crippen molar-refractivity contribution in [1.29, 1.82) is 0 Å². The molecule has 0 radical (unpaired) electrons. The summed E-state index contributed by atoms with van der Waals surface area (Å²) >= 11 is 5.92. The second-order valence-electron chi connectivity index (χ2n) is 7.26. The molecule has 0 bridgehead atoms. The lowest BCUT2D eigenvalue weighted by Gasteiger charge is -2.27. The van der Waals surface area contributed by atoms with Gasteiger partial charge in [-0.25, -0.2) is 9.19 Å². The number of carbonyl (C=O) groups excluding carboxylic acids is 2. The quantitative estimate of drug-likeness (QED) is 0.556. The molecule has 4 rings (SSSR count). The van der Waals surface area contributed by atoms with Crippen LogP contribution in [0.5, 0.6) is 5.88 Å². The van der Waals surface area contributed by atoms with Gasteiger partial charge in [0.05, 0.1) is 12.8 Å². The molecule has 0 spiro atoms. The highest BCUT2D eigenvalue weighted by Gasteiger charge is 2.32. The van der Waals surface area contributed by atoms with Crippen molar-refractivity contribution in [2.75, 3.05) is 18.5 Å². The van der Waals surface area contributed by atoms with Crippen molar-refractivity contribution in [2.24, 2.45) is 0 Å². The SMILES string of the molecule is COc1ccc(CNC(=O)c2ccc3c(c2)C(=O)/C(=C/c2ccc(Cl)cc2)S(=O)N3C)cn1. The summed E-state index contributed by atoms with van der Waals surface area (Å²) in [6.45, 7) is 0.270. The van der Waals surface area contributed by atoms with Crippen molar-refractivity contribution < 1.29 is 18.5 Å². The number of ether oxygens (including phenoxy) is 1. The van der Waals surface area contributed by atoms with Crippen molar-refractivity contribution in [2.45, 2.75) is 6.54 Å². The Balaban J connectivity index is 1.58. The number of fused-ring (bicyclic) bond motifs is 1. The first-order valence-electron chi connectivity index (χ1n) is 9.96. The number of rotatable bonds is 5. The van der Waals surface area contributed by atoms with E-state index >= 15 is 0 Å². The molecular weight excluding hydrogens is 462 g/mol. The predicted octanol–water partition coefficient (Wildman–Crippen LogP) is 4.01. The minimum atomic E-state index is -1.67. The smallest absolute Gasteiger partial charge is 0.251 e. The van der Waals surface area contributed by atoms with Crippen LogP contribution in [-0.4, -0.2) is 35.0 Å². The lowest BCUT2D eigenvalue weighted by atomic mass is 10.0. The molecule has 1 aliphatic rings. The number of carbonyl (C=O) groups is 2. The first-order valence-corrected chi connectivity index (χ1v) is 11.4. The van der Waals surface area contributed by atoms with Crippen LogP contribution in [0, 0.1) is 0 Å². The van der Waals surface area contributed by atoms with Crippen molar-refractivity contribution in [3.63, 3.8) is 0 Å². The molecule has 0 saturated carbocycles. The van der Waals surface area contributed by atoms with Gasteiger partial charge in [-0.3, -0.25) is 13.9 Å². The molecular formula is C24H20ClN3O4S. The van der Waals surface area contributed by atoms with Crippen molar-refractivity contribution in [3.8, 4) is 5.88 Å². The summed E-state index contributed by atoms with van der Waals surface area (Å²) in [5, 5.41) is 3.39. The van der Waals surface area contributed by atoms with Crippen LogP contribution in [0.3, 0.4) is 0 Å². The molecule has 2 aromatic carbocycles. The van der Waals surface area contributed by atoms with E-state index in [9.17, 15) is 13.8 Å². The highest BCUT2D eigenvalue weighted by atomic mass is 35.5. The number of halogens is 1. The van der Waals surface area contributed by atoms with Gasteiger partial charge in [0.25, 0.3) is 5.91 Å². The van der Waals surface area contributed by atoms with Gasteiger partial charge >= 0.3 is 0 Å². The maximum Gasteiger partial charge on any atom is 0.251 e. The Kier molecular flexibility index (Phi) is 6.57. The van der Waals surface area contributed by atoms with Crippen LogP contribution in [0.15, 0.2) is 65.7 Å². The largest absolute Gasteiger partial charge is 0.481 e. The minimum absolute atomic E-state index is 0.134. The van der Waals surface area contributed by atoms with Gasteiger partial charge in [-0.05, 0) is 47.5 Å². The average molecular weight is 482 g/mol. The van der Waals surface area contributed by atoms with Gasteiger partial charge in [0.15, 0.2) is 11.0 Å². The van der Waals surface area contributed by atoms with Crippen molar-refractivity contribution in [1.82, 2.24) is 10.3 Å². The zero-order chi connectivity index (χ0) is 23.5. The van der Waals surface area contributed by atoms with Crippen LogP contribution in [0.1, 0.15) is 31.8 Å². The molecule has 1 aliphatic heterocycles. The zero-order valence-corrected chi connectivity index (χ0v) is 19.4. The van der Waals surface area contributed by atoms with Gasteiger partial charge in [0.2, 0.25) is 11.7 Å². The number of pyridine rings is 1. The number of aromatic nitrogens is 1. The summed E-state index contributed by atoms with van der Waals surface area (Å²) in [6, 6.07) is 15.2. The number of anilines is 1. The van der Waals surface area contributed by atoms with Gasteiger partial charge in [0, 0.05) is 42.0 Å². The fourth-order valence-corrected chi connectivity index (χ4v) is 4.59. The van der Waals surface area contributed by atoms with Crippen molar-refractivity contribution in [3.05, 3.63) is 93.0 Å². The summed E-state index contributed by atoms with van der Waals surface area (Å²) in [7, 11) is 1.50. The molecule has 1 unspecified atom stereocenters. The molecule has 1 N–H and O–H groups in total. The molecule has 0 aliphatic carbocycles. The number of allylic oxidation sites excluding steroid dienone is 1. The second-order valence-corrected chi connectivity index (χ2v) is 9.18. The number of nitrogens with one attached hydrogen (secondary N) is 1. The normalized spacial score (nSPS) is 16.5. The Labute approximate surface area is 198 Å². The van der Waals surface area contributed by atoms with E-state index in [2.05, 4.69) is 10.3 Å². The Bertz CT molecular complexity index is 1270. The fourth-order valence-electron chi connectivity index (χ4n) is 3.33. The third kappa shape index (κ3) is 4.81. The van der Waals surface area contributed by atoms with Crippen LogP contribution in [0.4, 0.5) is 5.69 Å². The van der Waals surface area contributed by atoms with Crippen LogP contribution in [0.2, 0.25) is 5.02 Å². The maximum absolute atomic E-state index is 13.2. The van der Waals surface area contributed by atoms with Crippen molar-refractivity contribution >= 4 is 46.0 Å². The standard InChI is InChI=1S/C24H20ClN3O4S/c1-28-20-9-6-17(24(30)27-14-16-5-10-22(32-2)26-13-16)12-19(20)23(29)21(33(28)31)11-15-3-7-18(25)8-4-15/h3-13H,14H2,1-2H3,(H,27,30)/b21-11-. The summed E-state index contributed by atoms with van der Waals surface area (Å²) in [5.41, 5.74) is 2.66. The number of ketones is 1. The predicted molar refractivity (Wildman–Crippen MR) is 129 cm³/mol. The van der Waals surface area contributed by atoms with E-state index in [4.69, 9.17) is 16.3 Å². The summed E-state index contributed by atoms with van der Waals surface area (Å²) in [4.78, 5) is 30.2. The number of hydrogen-bond donors (Lipinski definition) is 1. The molecule has 3 aromatic rings. The number of hydrogen-bond acceptors (Lipinski definition) is 5. The zero-order valence-electron chi connectivity index (χ0n) is 17.9. The summed E-state index contributed by atoms with van der Waals surface area (Å²) in [5.74, 6) is -0.230. The van der Waals surface area contributed by atoms with E-state index in [1.165, 1.54) is 17.5 Å². The van der Waals surface area contributed by atoms with E-state index in [0.717, 1.165) is 5.56 Å². The van der Waals surface area contributed by atoms with E-state index in [1.807, 2.05) is 0 Å². The third-order valence-electron chi connectivity index (χ3n) is 5.13. The number of methoxy groups -OCH3 is 1. The van der Waals surface area contributed by atoms with Crippen LogP contribution in [-0.2, 0) is 17.5 Å². The Morgan fingerprint density at radius 1 is 1.18 bits per heavy atom. The number of benzene rings is 2. The van der Waals surface area contributed by atoms with E-state index in [-0.39, 0.29) is 23.1 Å². The molecule has 9 heteroatoms. The lowest BCUT2D eigenvalue weighted by molar-refractivity contribution is 0.0951. The third-order valence-corrected chi connectivity index (χ3v) is 6.76. The Morgan fingerprint density at radius 2 is 1.94 bits per heavy atom. The van der Waals surface area contributed by atoms with Gasteiger partial charge in [-0.2, -0.15) is 0 Å². The van der Waals surface area contributed by atoms with Gasteiger partial charge < -0.3 is 10.1 Å². The Hall–Kier alpha value is -3.49. The maximum atomic E-state index is 13.2. The summed E-state index contributed by atoms with van der Waals surface area (Å²) in [6.07, 6.45) is 3.20. The number of Topliss-reactive ketones (excluding diaryl/α,β-unsaturated/α-hetero) is 1. The topological polar surface area (TPSA) is 88.6 Å². The molecule has 33 heavy (non-hydrogen) atoms. The van der Waals surface area contributed by atoms with Gasteiger partial charge in [0.1, 0.15) is 4.91 Å². The minimum Gasteiger partial charge on any atom is -0.481 e. The number of amides is 1. The van der Waals surface area contributed by atoms with Crippen LogP contribution < -0.4 is 14.4 Å². The first-order chi connectivity index (χ1) is 15.9. The van der Waals surface area contributed by atoms with E-state index < -0.39 is 11.0 Å². The molecule has 1 amide bonds. The highest BCUT2D eigenvalue weighted by Crippen LogP contribution is 2.33. The molecule has 2 heterocycles. The summed E-state index contributed by atoms with van der Waals surface area (Å²) < 4.78 is 19.5. The first kappa shape index (κ1) is 22.7. The second kappa shape index (κ2) is 9.56.